The summed E-state index contributed by atoms with van der Waals surface area (Å²) >= 11 is 0. The number of benzene rings is 2. The third kappa shape index (κ3) is 3.77. The van der Waals surface area contributed by atoms with Gasteiger partial charge in [0.2, 0.25) is 0 Å². The molecular formula is C21H20N6O3. The molecule has 9 heteroatoms. The predicted molar refractivity (Wildman–Crippen MR) is 112 cm³/mol. The van der Waals surface area contributed by atoms with Gasteiger partial charge >= 0.3 is 5.82 Å². The number of aromatic nitrogens is 4. The summed E-state index contributed by atoms with van der Waals surface area (Å²) in [4.78, 5) is 22.9. The lowest BCUT2D eigenvalue weighted by Gasteiger charge is -2.10. The van der Waals surface area contributed by atoms with E-state index in [4.69, 9.17) is 0 Å². The van der Waals surface area contributed by atoms with Crippen molar-refractivity contribution in [2.24, 2.45) is 0 Å². The van der Waals surface area contributed by atoms with Gasteiger partial charge in [0.15, 0.2) is 0 Å². The zero-order chi connectivity index (χ0) is 21.3. The third-order valence-corrected chi connectivity index (χ3v) is 4.96. The van der Waals surface area contributed by atoms with Gasteiger partial charge in [0, 0.05) is 6.20 Å². The van der Waals surface area contributed by atoms with Gasteiger partial charge in [-0.15, -0.1) is 0 Å². The van der Waals surface area contributed by atoms with E-state index in [0.29, 0.717) is 17.9 Å². The van der Waals surface area contributed by atoms with Crippen molar-refractivity contribution >= 4 is 28.2 Å². The topological polar surface area (TPSA) is 108 Å². The highest BCUT2D eigenvalue weighted by molar-refractivity contribution is 5.93. The first kappa shape index (κ1) is 19.3. The van der Waals surface area contributed by atoms with E-state index in [1.807, 2.05) is 18.2 Å². The van der Waals surface area contributed by atoms with Crippen LogP contribution in [0.25, 0.3) is 10.8 Å². The molecular weight excluding hydrogens is 384 g/mol. The van der Waals surface area contributed by atoms with Gasteiger partial charge in [0.25, 0.3) is 5.91 Å². The molecule has 1 unspecified atom stereocenters. The first-order valence-electron chi connectivity index (χ1n) is 9.43. The van der Waals surface area contributed by atoms with E-state index >= 15 is 0 Å². The minimum atomic E-state index is -0.708. The zero-order valence-corrected chi connectivity index (χ0v) is 16.5. The molecule has 4 aromatic rings. The molecule has 0 radical (unpaired) electrons. The monoisotopic (exact) mass is 404 g/mol. The second-order valence-electron chi connectivity index (χ2n) is 7.08. The van der Waals surface area contributed by atoms with Crippen LogP contribution >= 0.6 is 0 Å². The number of amides is 1. The molecule has 0 fully saturated rings. The summed E-state index contributed by atoms with van der Waals surface area (Å²) in [6.45, 7) is 3.88. The molecule has 0 saturated heterocycles. The lowest BCUT2D eigenvalue weighted by Crippen LogP contribution is -2.25. The van der Waals surface area contributed by atoms with E-state index < -0.39 is 11.0 Å². The summed E-state index contributed by atoms with van der Waals surface area (Å²) in [6.07, 6.45) is 3.33. The largest absolute Gasteiger partial charge is 0.390 e. The van der Waals surface area contributed by atoms with Crippen molar-refractivity contribution in [2.45, 2.75) is 26.4 Å². The molecule has 1 atom stereocenters. The second-order valence-corrected chi connectivity index (χ2v) is 7.08. The van der Waals surface area contributed by atoms with Crippen molar-refractivity contribution in [1.29, 1.82) is 0 Å². The number of hydrogen-bond acceptors (Lipinski definition) is 5. The maximum atomic E-state index is 12.6. The minimum Gasteiger partial charge on any atom is -0.358 e. The Morgan fingerprint density at radius 1 is 1.23 bits per heavy atom. The first-order chi connectivity index (χ1) is 14.4. The predicted octanol–water partition coefficient (Wildman–Crippen LogP) is 3.70. The SMILES string of the molecule is Cc1cc([N+](=O)[O-])nn1C(C)C(=O)Nc1cnn(Cc2cccc3ccccc23)c1. The highest BCUT2D eigenvalue weighted by atomic mass is 16.6. The second kappa shape index (κ2) is 7.78. The number of aryl methyl sites for hydroxylation is 1. The van der Waals surface area contributed by atoms with Crippen LogP contribution in [0.2, 0.25) is 0 Å². The summed E-state index contributed by atoms with van der Waals surface area (Å²) in [5, 5.41) is 24.3. The fraction of sp³-hybridized carbons (Fsp3) is 0.190. The molecule has 1 N–H and O–H groups in total. The van der Waals surface area contributed by atoms with E-state index in [1.54, 1.807) is 30.9 Å². The molecule has 30 heavy (non-hydrogen) atoms. The number of carbonyl (C=O) groups excluding carboxylic acids is 1. The Hall–Kier alpha value is -4.01. The van der Waals surface area contributed by atoms with Gasteiger partial charge in [0.05, 0.1) is 35.3 Å². The number of hydrogen-bond donors (Lipinski definition) is 1. The molecule has 4 rings (SSSR count). The highest BCUT2D eigenvalue weighted by Gasteiger charge is 2.24. The maximum absolute atomic E-state index is 12.6. The van der Waals surface area contributed by atoms with Gasteiger partial charge in [0.1, 0.15) is 6.04 Å². The quantitative estimate of drug-likeness (QED) is 0.389. The van der Waals surface area contributed by atoms with Crippen molar-refractivity contribution in [2.75, 3.05) is 5.32 Å². The molecule has 9 nitrogen and oxygen atoms in total. The normalized spacial score (nSPS) is 12.1. The molecule has 1 amide bonds. The van der Waals surface area contributed by atoms with E-state index in [9.17, 15) is 14.9 Å². The van der Waals surface area contributed by atoms with Crippen LogP contribution in [0.5, 0.6) is 0 Å². The van der Waals surface area contributed by atoms with Crippen LogP contribution in [0, 0.1) is 17.0 Å². The lowest BCUT2D eigenvalue weighted by atomic mass is 10.0. The Labute approximate surface area is 172 Å². The van der Waals surface area contributed by atoms with Gasteiger partial charge in [-0.2, -0.15) is 9.78 Å². The molecule has 2 heterocycles. The lowest BCUT2D eigenvalue weighted by molar-refractivity contribution is -0.389. The average Bonchev–Trinajstić information content (AvgIpc) is 3.34. The number of rotatable bonds is 6. The van der Waals surface area contributed by atoms with Crippen LogP contribution in [0.3, 0.4) is 0 Å². The van der Waals surface area contributed by atoms with Gasteiger partial charge in [-0.25, -0.2) is 0 Å². The van der Waals surface area contributed by atoms with Crippen molar-refractivity contribution in [3.05, 3.63) is 82.3 Å². The number of anilines is 1. The molecule has 0 spiro atoms. The Morgan fingerprint density at radius 2 is 2.00 bits per heavy atom. The van der Waals surface area contributed by atoms with Crippen LogP contribution in [0.4, 0.5) is 11.5 Å². The fourth-order valence-corrected chi connectivity index (χ4v) is 3.43. The molecule has 2 aromatic heterocycles. The number of fused-ring (bicyclic) bond motifs is 1. The van der Waals surface area contributed by atoms with Gasteiger partial charge in [-0.05, 0) is 35.1 Å². The van der Waals surface area contributed by atoms with Gasteiger partial charge in [-0.3, -0.25) is 9.48 Å². The standard InChI is InChI=1S/C21H20N6O3/c1-14-10-20(27(29)30)24-26(14)15(2)21(28)23-18-11-22-25(13-18)12-17-8-5-7-16-6-3-4-9-19(16)17/h3-11,13,15H,12H2,1-2H3,(H,23,28). The minimum absolute atomic E-state index is 0.282. The van der Waals surface area contributed by atoms with E-state index in [0.717, 1.165) is 16.3 Å². The summed E-state index contributed by atoms with van der Waals surface area (Å²) in [7, 11) is 0. The average molecular weight is 404 g/mol. The van der Waals surface area contributed by atoms with Crippen LogP contribution in [0.15, 0.2) is 60.9 Å². The first-order valence-corrected chi connectivity index (χ1v) is 9.43. The molecule has 0 aliphatic rings. The summed E-state index contributed by atoms with van der Waals surface area (Å²) < 4.78 is 3.10. The van der Waals surface area contributed by atoms with Crippen LogP contribution < -0.4 is 5.32 Å². The molecule has 0 aliphatic carbocycles. The van der Waals surface area contributed by atoms with Gasteiger partial charge < -0.3 is 15.4 Å². The smallest absolute Gasteiger partial charge is 0.358 e. The molecule has 152 valence electrons. The maximum Gasteiger partial charge on any atom is 0.390 e. The highest BCUT2D eigenvalue weighted by Crippen LogP contribution is 2.21. The summed E-state index contributed by atoms with van der Waals surface area (Å²) in [5.74, 6) is -0.615. The van der Waals surface area contributed by atoms with Crippen molar-refractivity contribution in [3.63, 3.8) is 0 Å². The van der Waals surface area contributed by atoms with Crippen molar-refractivity contribution in [3.8, 4) is 0 Å². The number of nitrogens with one attached hydrogen (secondary N) is 1. The Bertz CT molecular complexity index is 1240. The van der Waals surface area contributed by atoms with Crippen molar-refractivity contribution in [1.82, 2.24) is 19.6 Å². The fourth-order valence-electron chi connectivity index (χ4n) is 3.43. The summed E-state index contributed by atoms with van der Waals surface area (Å²) in [5.41, 5.74) is 2.21. The van der Waals surface area contributed by atoms with Gasteiger partial charge in [-0.1, -0.05) is 42.5 Å². The van der Waals surface area contributed by atoms with E-state index in [1.165, 1.54) is 10.7 Å². The number of carbonyl (C=O) groups is 1. The summed E-state index contributed by atoms with van der Waals surface area (Å²) in [6, 6.07) is 14.9. The van der Waals surface area contributed by atoms with E-state index in [2.05, 4.69) is 39.8 Å². The Morgan fingerprint density at radius 3 is 2.77 bits per heavy atom. The van der Waals surface area contributed by atoms with E-state index in [-0.39, 0.29) is 11.7 Å². The van der Waals surface area contributed by atoms with Crippen LogP contribution in [-0.4, -0.2) is 30.4 Å². The van der Waals surface area contributed by atoms with Crippen LogP contribution in [0.1, 0.15) is 24.2 Å². The third-order valence-electron chi connectivity index (χ3n) is 4.96. The molecule has 0 bridgehead atoms. The number of nitro groups is 1. The Balaban J connectivity index is 1.48. The van der Waals surface area contributed by atoms with Crippen LogP contribution in [-0.2, 0) is 11.3 Å². The molecule has 2 aromatic carbocycles. The number of nitrogens with zero attached hydrogens (tertiary/aromatic N) is 5. The zero-order valence-electron chi connectivity index (χ0n) is 16.5. The molecule has 0 saturated carbocycles. The Kier molecular flexibility index (Phi) is 5.01. The van der Waals surface area contributed by atoms with Crippen molar-refractivity contribution < 1.29 is 9.72 Å². The molecule has 0 aliphatic heterocycles.